The Morgan fingerprint density at radius 3 is 2.67 bits per heavy atom. The lowest BCUT2D eigenvalue weighted by molar-refractivity contribution is -0.136. The van der Waals surface area contributed by atoms with Gasteiger partial charge < -0.3 is 9.84 Å². The van der Waals surface area contributed by atoms with Crippen molar-refractivity contribution in [2.45, 2.75) is 18.7 Å². The molecule has 3 nitrogen and oxygen atoms in total. The van der Waals surface area contributed by atoms with Crippen LogP contribution < -0.4 is 4.74 Å². The minimum absolute atomic E-state index is 0.0268. The zero-order valence-electron chi connectivity index (χ0n) is 8.71. The first-order valence-corrected chi connectivity index (χ1v) is 5.64. The SMILES string of the molecule is COc1cc(C)cc(CC(=O)O)c1CBr. The molecule has 0 aliphatic heterocycles. The lowest BCUT2D eigenvalue weighted by atomic mass is 10.0. The van der Waals surface area contributed by atoms with Gasteiger partial charge in [0.15, 0.2) is 0 Å². The monoisotopic (exact) mass is 272 g/mol. The maximum atomic E-state index is 10.7. The van der Waals surface area contributed by atoms with Gasteiger partial charge in [0.2, 0.25) is 0 Å². The first kappa shape index (κ1) is 12.0. The van der Waals surface area contributed by atoms with Gasteiger partial charge in [-0.15, -0.1) is 0 Å². The number of benzene rings is 1. The number of rotatable bonds is 4. The highest BCUT2D eigenvalue weighted by Gasteiger charge is 2.11. The van der Waals surface area contributed by atoms with E-state index in [0.717, 1.165) is 22.4 Å². The number of ether oxygens (including phenoxy) is 1. The molecule has 0 atom stereocenters. The van der Waals surface area contributed by atoms with E-state index >= 15 is 0 Å². The molecule has 0 fully saturated rings. The molecule has 15 heavy (non-hydrogen) atoms. The first-order valence-electron chi connectivity index (χ1n) is 4.52. The summed E-state index contributed by atoms with van der Waals surface area (Å²) in [7, 11) is 1.59. The average Bonchev–Trinajstić information content (AvgIpc) is 2.15. The number of hydrogen-bond acceptors (Lipinski definition) is 2. The second-order valence-electron chi connectivity index (χ2n) is 3.31. The molecule has 0 aliphatic carbocycles. The summed E-state index contributed by atoms with van der Waals surface area (Å²) in [6, 6.07) is 3.79. The summed E-state index contributed by atoms with van der Waals surface area (Å²) in [5.74, 6) is -0.0898. The summed E-state index contributed by atoms with van der Waals surface area (Å²) in [5.41, 5.74) is 2.72. The van der Waals surface area contributed by atoms with Crippen molar-refractivity contribution in [1.29, 1.82) is 0 Å². The Labute approximate surface area is 97.2 Å². The fourth-order valence-electron chi connectivity index (χ4n) is 1.51. The van der Waals surface area contributed by atoms with Crippen molar-refractivity contribution in [2.75, 3.05) is 7.11 Å². The maximum absolute atomic E-state index is 10.7. The molecule has 1 N–H and O–H groups in total. The highest BCUT2D eigenvalue weighted by atomic mass is 79.9. The smallest absolute Gasteiger partial charge is 0.307 e. The normalized spacial score (nSPS) is 10.1. The minimum Gasteiger partial charge on any atom is -0.496 e. The Morgan fingerprint density at radius 1 is 1.53 bits per heavy atom. The summed E-state index contributed by atoms with van der Waals surface area (Å²) < 4.78 is 5.22. The number of aliphatic carboxylic acids is 1. The topological polar surface area (TPSA) is 46.5 Å². The van der Waals surface area contributed by atoms with Crippen molar-refractivity contribution in [2.24, 2.45) is 0 Å². The zero-order valence-corrected chi connectivity index (χ0v) is 10.3. The van der Waals surface area contributed by atoms with Crippen LogP contribution in [-0.2, 0) is 16.5 Å². The molecular weight excluding hydrogens is 260 g/mol. The summed E-state index contributed by atoms with van der Waals surface area (Å²) >= 11 is 3.34. The van der Waals surface area contributed by atoms with Crippen molar-refractivity contribution >= 4 is 21.9 Å². The number of alkyl halides is 1. The number of carboxylic acids is 1. The molecular formula is C11H13BrO3. The van der Waals surface area contributed by atoms with E-state index in [2.05, 4.69) is 15.9 Å². The Balaban J connectivity index is 3.22. The zero-order chi connectivity index (χ0) is 11.4. The number of hydrogen-bond donors (Lipinski definition) is 1. The van der Waals surface area contributed by atoms with Gasteiger partial charge in [-0.1, -0.05) is 22.0 Å². The number of halogens is 1. The highest BCUT2D eigenvalue weighted by molar-refractivity contribution is 9.08. The van der Waals surface area contributed by atoms with E-state index in [-0.39, 0.29) is 6.42 Å². The number of carboxylic acid groups (broad SMARTS) is 1. The molecule has 1 aromatic rings. The van der Waals surface area contributed by atoms with Gasteiger partial charge in [-0.2, -0.15) is 0 Å². The quantitative estimate of drug-likeness (QED) is 0.857. The van der Waals surface area contributed by atoms with Gasteiger partial charge in [0.1, 0.15) is 5.75 Å². The van der Waals surface area contributed by atoms with Crippen LogP contribution in [-0.4, -0.2) is 18.2 Å². The molecule has 0 amide bonds. The summed E-state index contributed by atoms with van der Waals surface area (Å²) in [5, 5.41) is 9.38. The average molecular weight is 273 g/mol. The van der Waals surface area contributed by atoms with E-state index in [4.69, 9.17) is 9.84 Å². The van der Waals surface area contributed by atoms with Crippen LogP contribution in [0.1, 0.15) is 16.7 Å². The van der Waals surface area contributed by atoms with Crippen LogP contribution >= 0.6 is 15.9 Å². The molecule has 82 valence electrons. The molecule has 0 unspecified atom stereocenters. The maximum Gasteiger partial charge on any atom is 0.307 e. The van der Waals surface area contributed by atoms with Crippen molar-refractivity contribution in [1.82, 2.24) is 0 Å². The van der Waals surface area contributed by atoms with Gasteiger partial charge in [-0.05, 0) is 24.1 Å². The summed E-state index contributed by atoms with van der Waals surface area (Å²) in [4.78, 5) is 10.7. The van der Waals surface area contributed by atoms with E-state index < -0.39 is 5.97 Å². The second-order valence-corrected chi connectivity index (χ2v) is 3.87. The Hall–Kier alpha value is -1.03. The van der Waals surface area contributed by atoms with Crippen LogP contribution in [0, 0.1) is 6.92 Å². The largest absolute Gasteiger partial charge is 0.496 e. The predicted octanol–water partition coefficient (Wildman–Crippen LogP) is 2.53. The Morgan fingerprint density at radius 2 is 2.20 bits per heavy atom. The van der Waals surface area contributed by atoms with Gasteiger partial charge in [0.05, 0.1) is 13.5 Å². The first-order chi connectivity index (χ1) is 7.08. The second kappa shape index (κ2) is 5.16. The fourth-order valence-corrected chi connectivity index (χ4v) is 2.15. The number of carbonyl (C=O) groups is 1. The van der Waals surface area contributed by atoms with Crippen molar-refractivity contribution in [3.8, 4) is 5.75 Å². The lowest BCUT2D eigenvalue weighted by Gasteiger charge is -2.12. The van der Waals surface area contributed by atoms with Crippen LogP contribution in [0.25, 0.3) is 0 Å². The molecule has 1 aromatic carbocycles. The van der Waals surface area contributed by atoms with Crippen LogP contribution in [0.15, 0.2) is 12.1 Å². The highest BCUT2D eigenvalue weighted by Crippen LogP contribution is 2.27. The third-order valence-corrected chi connectivity index (χ3v) is 2.70. The van der Waals surface area contributed by atoms with Crippen LogP contribution in [0.3, 0.4) is 0 Å². The van der Waals surface area contributed by atoms with Crippen LogP contribution in [0.5, 0.6) is 5.75 Å². The third-order valence-electron chi connectivity index (χ3n) is 2.14. The summed E-state index contributed by atoms with van der Waals surface area (Å²) in [6.45, 7) is 1.92. The van der Waals surface area contributed by atoms with Gasteiger partial charge in [0, 0.05) is 10.9 Å². The number of aryl methyl sites for hydroxylation is 1. The van der Waals surface area contributed by atoms with E-state index in [1.165, 1.54) is 0 Å². The minimum atomic E-state index is -0.829. The van der Waals surface area contributed by atoms with Crippen molar-refractivity contribution < 1.29 is 14.6 Å². The molecule has 0 saturated heterocycles. The molecule has 0 radical (unpaired) electrons. The van der Waals surface area contributed by atoms with Gasteiger partial charge in [0.25, 0.3) is 0 Å². The lowest BCUT2D eigenvalue weighted by Crippen LogP contribution is -2.05. The molecule has 0 heterocycles. The number of methoxy groups -OCH3 is 1. The molecule has 4 heteroatoms. The summed E-state index contributed by atoms with van der Waals surface area (Å²) in [6.07, 6.45) is 0.0268. The van der Waals surface area contributed by atoms with Crippen molar-refractivity contribution in [3.05, 3.63) is 28.8 Å². The van der Waals surface area contributed by atoms with E-state index in [0.29, 0.717) is 5.33 Å². The van der Waals surface area contributed by atoms with Crippen LogP contribution in [0.2, 0.25) is 0 Å². The Bertz CT molecular complexity index is 374. The fraction of sp³-hybridized carbons (Fsp3) is 0.364. The van der Waals surface area contributed by atoms with E-state index in [9.17, 15) is 4.79 Å². The predicted molar refractivity (Wildman–Crippen MR) is 61.7 cm³/mol. The molecule has 0 aromatic heterocycles. The molecule has 0 saturated carbocycles. The van der Waals surface area contributed by atoms with Crippen molar-refractivity contribution in [3.63, 3.8) is 0 Å². The van der Waals surface area contributed by atoms with Gasteiger partial charge in [-0.3, -0.25) is 4.79 Å². The molecule has 0 spiro atoms. The third kappa shape index (κ3) is 2.96. The Kier molecular flexibility index (Phi) is 4.15. The van der Waals surface area contributed by atoms with Gasteiger partial charge >= 0.3 is 5.97 Å². The standard InChI is InChI=1S/C11H13BrO3/c1-7-3-8(5-11(13)14)9(6-12)10(4-7)15-2/h3-4H,5-6H2,1-2H3,(H,13,14). The van der Waals surface area contributed by atoms with Crippen LogP contribution in [0.4, 0.5) is 0 Å². The van der Waals surface area contributed by atoms with E-state index in [1.54, 1.807) is 7.11 Å². The van der Waals surface area contributed by atoms with E-state index in [1.807, 2.05) is 19.1 Å². The molecule has 0 aliphatic rings. The van der Waals surface area contributed by atoms with Gasteiger partial charge in [-0.25, -0.2) is 0 Å². The molecule has 1 rings (SSSR count). The molecule has 0 bridgehead atoms.